The van der Waals surface area contributed by atoms with Crippen LogP contribution >= 0.6 is 11.8 Å². The maximum atomic E-state index is 12.7. The Kier molecular flexibility index (Phi) is 5.77. The predicted octanol–water partition coefficient (Wildman–Crippen LogP) is 3.26. The molecule has 0 bridgehead atoms. The summed E-state index contributed by atoms with van der Waals surface area (Å²) in [6.07, 6.45) is 1.50. The van der Waals surface area contributed by atoms with Crippen LogP contribution < -0.4 is 4.74 Å². The highest BCUT2D eigenvalue weighted by Gasteiger charge is 2.35. The lowest BCUT2D eigenvalue weighted by Gasteiger charge is -2.13. The van der Waals surface area contributed by atoms with E-state index in [-0.39, 0.29) is 11.4 Å². The van der Waals surface area contributed by atoms with Gasteiger partial charge in [0.2, 0.25) is 0 Å². The fourth-order valence-corrected chi connectivity index (χ4v) is 3.42. The molecule has 7 nitrogen and oxygen atoms in total. The van der Waals surface area contributed by atoms with Crippen LogP contribution in [0.5, 0.6) is 5.75 Å². The van der Waals surface area contributed by atoms with E-state index in [1.807, 2.05) is 6.07 Å². The number of rotatable bonds is 6. The molecule has 0 atom stereocenters. The summed E-state index contributed by atoms with van der Waals surface area (Å²) >= 11 is 0.786. The molecule has 0 spiro atoms. The quantitative estimate of drug-likeness (QED) is 0.749. The standard InChI is InChI=1S/C20H14N2O5S/c21-10-14-6-1-2-7-15(14)11-22-19(25)17(28-20(22)26)9-13-5-3-4-8-16(13)27-12-18(23)24/h1-9H,11-12H2,(H,23,24)/b17-9-. The summed E-state index contributed by atoms with van der Waals surface area (Å²) < 4.78 is 5.22. The summed E-state index contributed by atoms with van der Waals surface area (Å²) in [5.41, 5.74) is 1.48. The lowest BCUT2D eigenvalue weighted by molar-refractivity contribution is -0.139. The molecule has 2 amide bonds. The van der Waals surface area contributed by atoms with E-state index in [1.54, 1.807) is 48.5 Å². The van der Waals surface area contributed by atoms with Crippen molar-refractivity contribution in [2.75, 3.05) is 6.61 Å². The Hall–Kier alpha value is -3.57. The van der Waals surface area contributed by atoms with Crippen molar-refractivity contribution in [2.45, 2.75) is 6.54 Å². The molecule has 1 fully saturated rings. The molecular weight excluding hydrogens is 380 g/mol. The van der Waals surface area contributed by atoms with Gasteiger partial charge in [0, 0.05) is 5.56 Å². The van der Waals surface area contributed by atoms with Crippen LogP contribution in [-0.2, 0) is 16.1 Å². The van der Waals surface area contributed by atoms with Crippen molar-refractivity contribution in [2.24, 2.45) is 0 Å². The van der Waals surface area contributed by atoms with Gasteiger partial charge in [0.15, 0.2) is 6.61 Å². The Morgan fingerprint density at radius 3 is 2.64 bits per heavy atom. The molecule has 3 rings (SSSR count). The van der Waals surface area contributed by atoms with E-state index in [0.717, 1.165) is 16.7 Å². The van der Waals surface area contributed by atoms with Gasteiger partial charge >= 0.3 is 5.97 Å². The molecule has 140 valence electrons. The molecule has 0 saturated carbocycles. The number of aliphatic carboxylic acids is 1. The van der Waals surface area contributed by atoms with E-state index >= 15 is 0 Å². The van der Waals surface area contributed by atoms with Crippen LogP contribution in [0, 0.1) is 11.3 Å². The van der Waals surface area contributed by atoms with Crippen molar-refractivity contribution >= 4 is 35.0 Å². The van der Waals surface area contributed by atoms with Crippen molar-refractivity contribution in [3.63, 3.8) is 0 Å². The average Bonchev–Trinajstić information content (AvgIpc) is 2.95. The predicted molar refractivity (Wildman–Crippen MR) is 102 cm³/mol. The number of amides is 2. The monoisotopic (exact) mass is 394 g/mol. The van der Waals surface area contributed by atoms with Crippen molar-refractivity contribution in [3.8, 4) is 11.8 Å². The highest BCUT2D eigenvalue weighted by molar-refractivity contribution is 8.18. The number of carbonyl (C=O) groups is 3. The van der Waals surface area contributed by atoms with E-state index in [9.17, 15) is 19.6 Å². The van der Waals surface area contributed by atoms with Gasteiger partial charge in [-0.15, -0.1) is 0 Å². The number of hydrogen-bond acceptors (Lipinski definition) is 6. The zero-order valence-electron chi connectivity index (χ0n) is 14.5. The van der Waals surface area contributed by atoms with Crippen LogP contribution in [0.3, 0.4) is 0 Å². The Labute approximate surface area is 164 Å². The SMILES string of the molecule is N#Cc1ccccc1CN1C(=O)S/C(=C\c2ccccc2OCC(=O)O)C1=O. The van der Waals surface area contributed by atoms with Gasteiger partial charge in [0.25, 0.3) is 11.1 Å². The van der Waals surface area contributed by atoms with Gasteiger partial charge in [-0.05, 0) is 35.5 Å². The van der Waals surface area contributed by atoms with Crippen LogP contribution in [0.15, 0.2) is 53.4 Å². The molecule has 2 aromatic rings. The van der Waals surface area contributed by atoms with Crippen LogP contribution in [0.2, 0.25) is 0 Å². The Balaban J connectivity index is 1.84. The minimum Gasteiger partial charge on any atom is -0.481 e. The summed E-state index contributed by atoms with van der Waals surface area (Å²) in [5.74, 6) is -1.30. The molecule has 1 aliphatic heterocycles. The average molecular weight is 394 g/mol. The van der Waals surface area contributed by atoms with Gasteiger partial charge in [-0.2, -0.15) is 5.26 Å². The van der Waals surface area contributed by atoms with Crippen LogP contribution in [0.25, 0.3) is 6.08 Å². The highest BCUT2D eigenvalue weighted by Crippen LogP contribution is 2.35. The largest absolute Gasteiger partial charge is 0.481 e. The summed E-state index contributed by atoms with van der Waals surface area (Å²) in [5, 5.41) is 17.5. The number of imide groups is 1. The number of benzene rings is 2. The van der Waals surface area contributed by atoms with Gasteiger partial charge in [0.05, 0.1) is 23.1 Å². The number of thioether (sulfide) groups is 1. The van der Waals surface area contributed by atoms with E-state index in [4.69, 9.17) is 9.84 Å². The molecule has 1 aliphatic rings. The first kappa shape index (κ1) is 19.2. The molecule has 0 radical (unpaired) electrons. The van der Waals surface area contributed by atoms with E-state index in [1.165, 1.54) is 6.08 Å². The second-order valence-electron chi connectivity index (χ2n) is 5.76. The lowest BCUT2D eigenvalue weighted by atomic mass is 10.1. The van der Waals surface area contributed by atoms with Gasteiger partial charge in [-0.3, -0.25) is 14.5 Å². The fourth-order valence-electron chi connectivity index (χ4n) is 2.59. The maximum absolute atomic E-state index is 12.7. The number of hydrogen-bond donors (Lipinski definition) is 1. The Bertz CT molecular complexity index is 1030. The third kappa shape index (κ3) is 4.22. The lowest BCUT2D eigenvalue weighted by Crippen LogP contribution is -2.27. The molecule has 1 heterocycles. The fraction of sp³-hybridized carbons (Fsp3) is 0.100. The number of ether oxygens (including phenoxy) is 1. The number of para-hydroxylation sites is 1. The van der Waals surface area contributed by atoms with Crippen LogP contribution in [0.1, 0.15) is 16.7 Å². The molecule has 0 aromatic heterocycles. The summed E-state index contributed by atoms with van der Waals surface area (Å²) in [6.45, 7) is -0.514. The number of nitriles is 1. The first-order valence-electron chi connectivity index (χ1n) is 8.16. The third-order valence-corrected chi connectivity index (χ3v) is 4.80. The second-order valence-corrected chi connectivity index (χ2v) is 6.75. The number of carbonyl (C=O) groups excluding carboxylic acids is 2. The van der Waals surface area contributed by atoms with E-state index in [2.05, 4.69) is 0 Å². The third-order valence-electron chi connectivity index (χ3n) is 3.90. The molecule has 2 aromatic carbocycles. The molecule has 8 heteroatoms. The van der Waals surface area contributed by atoms with Crippen LogP contribution in [-0.4, -0.2) is 33.7 Å². The van der Waals surface area contributed by atoms with Gasteiger partial charge in [-0.25, -0.2) is 4.79 Å². The zero-order chi connectivity index (χ0) is 20.1. The van der Waals surface area contributed by atoms with Crippen LogP contribution in [0.4, 0.5) is 4.79 Å². The van der Waals surface area contributed by atoms with Gasteiger partial charge in [-0.1, -0.05) is 36.4 Å². The molecule has 1 N–H and O–H groups in total. The zero-order valence-corrected chi connectivity index (χ0v) is 15.3. The minimum absolute atomic E-state index is 0.00288. The van der Waals surface area contributed by atoms with Crippen molar-refractivity contribution in [3.05, 3.63) is 70.1 Å². The van der Waals surface area contributed by atoms with Gasteiger partial charge < -0.3 is 9.84 Å². The van der Waals surface area contributed by atoms with E-state index < -0.39 is 23.7 Å². The molecule has 0 aliphatic carbocycles. The van der Waals surface area contributed by atoms with Crippen molar-refractivity contribution < 1.29 is 24.2 Å². The summed E-state index contributed by atoms with van der Waals surface area (Å²) in [7, 11) is 0. The molecule has 0 unspecified atom stereocenters. The molecular formula is C20H14N2O5S. The Morgan fingerprint density at radius 2 is 1.89 bits per heavy atom. The van der Waals surface area contributed by atoms with Crippen molar-refractivity contribution in [1.29, 1.82) is 5.26 Å². The molecule has 28 heavy (non-hydrogen) atoms. The maximum Gasteiger partial charge on any atom is 0.341 e. The molecule has 1 saturated heterocycles. The summed E-state index contributed by atoms with van der Waals surface area (Å²) in [4.78, 5) is 37.0. The Morgan fingerprint density at radius 1 is 1.18 bits per heavy atom. The summed E-state index contributed by atoms with van der Waals surface area (Å²) in [6, 6.07) is 15.5. The number of nitrogens with zero attached hydrogens (tertiary/aromatic N) is 2. The number of carboxylic acids is 1. The topological polar surface area (TPSA) is 108 Å². The van der Waals surface area contributed by atoms with Crippen molar-refractivity contribution in [1.82, 2.24) is 4.90 Å². The first-order chi connectivity index (χ1) is 13.5. The van der Waals surface area contributed by atoms with E-state index in [0.29, 0.717) is 22.4 Å². The minimum atomic E-state index is -1.12. The van der Waals surface area contributed by atoms with Gasteiger partial charge in [0.1, 0.15) is 5.75 Å². The highest BCUT2D eigenvalue weighted by atomic mass is 32.2. The number of carboxylic acid groups (broad SMARTS) is 1. The normalized spacial score (nSPS) is 15.0. The first-order valence-corrected chi connectivity index (χ1v) is 8.98. The smallest absolute Gasteiger partial charge is 0.341 e. The second kappa shape index (κ2) is 8.41.